The Morgan fingerprint density at radius 1 is 1.52 bits per heavy atom. The zero-order valence-electron chi connectivity index (χ0n) is 13.9. The predicted octanol–water partition coefficient (Wildman–Crippen LogP) is -0.811. The number of nitrogens with one attached hydrogen (secondary N) is 2. The highest BCUT2D eigenvalue weighted by molar-refractivity contribution is 7.84. The van der Waals surface area contributed by atoms with Gasteiger partial charge in [0.1, 0.15) is 24.7 Å². The Labute approximate surface area is 162 Å². The molecule has 1 aliphatic rings. The van der Waals surface area contributed by atoms with Crippen LogP contribution in [-0.2, 0) is 29.5 Å². The van der Waals surface area contributed by atoms with Gasteiger partial charge in [0.15, 0.2) is 10.8 Å². The van der Waals surface area contributed by atoms with Gasteiger partial charge < -0.3 is 15.5 Å². The highest BCUT2D eigenvalue weighted by Crippen LogP contribution is 2.23. The highest BCUT2D eigenvalue weighted by Gasteiger charge is 2.51. The van der Waals surface area contributed by atoms with E-state index >= 15 is 0 Å². The number of carbonyl (C=O) groups is 3. The fraction of sp³-hybridized carbons (Fsp3) is 0.417. The van der Waals surface area contributed by atoms with Crippen LogP contribution in [0.4, 0.5) is 5.13 Å². The summed E-state index contributed by atoms with van der Waals surface area (Å²) in [4.78, 5) is 44.2. The van der Waals surface area contributed by atoms with Crippen molar-refractivity contribution in [2.75, 3.05) is 18.3 Å². The van der Waals surface area contributed by atoms with Gasteiger partial charge in [-0.2, -0.15) is 8.42 Å². The Bertz CT molecular complexity index is 900. The first-order valence-electron chi connectivity index (χ1n) is 7.14. The van der Waals surface area contributed by atoms with Gasteiger partial charge in [0, 0.05) is 5.38 Å². The largest absolute Gasteiger partial charge is 0.398 e. The van der Waals surface area contributed by atoms with E-state index in [9.17, 15) is 22.8 Å². The van der Waals surface area contributed by atoms with Crippen LogP contribution in [0, 0.1) is 0 Å². The molecule has 2 atom stereocenters. The number of nitrogens with zero attached hydrogens (tertiary/aromatic N) is 3. The van der Waals surface area contributed by atoms with Crippen molar-refractivity contribution >= 4 is 61.8 Å². The molecule has 3 N–H and O–H groups in total. The highest BCUT2D eigenvalue weighted by atomic mass is 35.5. The average molecular weight is 440 g/mol. The summed E-state index contributed by atoms with van der Waals surface area (Å²) in [7, 11) is -3.52. The third-order valence-corrected chi connectivity index (χ3v) is 5.39. The fourth-order valence-corrected chi connectivity index (χ4v) is 3.86. The lowest BCUT2D eigenvalue weighted by Crippen LogP contribution is -2.71. The summed E-state index contributed by atoms with van der Waals surface area (Å²) in [5.74, 6) is -2.63. The number of hydrogen-bond donors (Lipinski definition) is 3. The van der Waals surface area contributed by atoms with E-state index in [1.807, 2.05) is 0 Å². The van der Waals surface area contributed by atoms with Gasteiger partial charge in [-0.3, -0.25) is 18.9 Å². The summed E-state index contributed by atoms with van der Waals surface area (Å²) in [6, 6.07) is -2.18. The Kier molecular flexibility index (Phi) is 6.35. The first-order valence-corrected chi connectivity index (χ1v) is 9.95. The number of alkyl halides is 1. The van der Waals surface area contributed by atoms with E-state index < -0.39 is 40.1 Å². The molecule has 1 fully saturated rings. The molecule has 148 valence electrons. The van der Waals surface area contributed by atoms with Gasteiger partial charge in [0.2, 0.25) is 5.91 Å². The molecule has 12 nitrogen and oxygen atoms in total. The third kappa shape index (κ3) is 4.52. The molecule has 2 unspecified atom stereocenters. The maximum absolute atomic E-state index is 12.4. The number of carbonyl (C=O) groups excluding carboxylic acids is 3. The molecule has 0 radical (unpaired) electrons. The molecule has 2 rings (SSSR count). The summed E-state index contributed by atoms with van der Waals surface area (Å²) in [6.45, 7) is 1.33. The van der Waals surface area contributed by atoms with Crippen molar-refractivity contribution < 1.29 is 32.2 Å². The molecule has 1 aromatic rings. The zero-order valence-corrected chi connectivity index (χ0v) is 16.3. The van der Waals surface area contributed by atoms with E-state index in [1.54, 1.807) is 0 Å². The molecule has 0 bridgehead atoms. The van der Waals surface area contributed by atoms with Crippen LogP contribution in [0.1, 0.15) is 12.6 Å². The minimum absolute atomic E-state index is 0.0512. The van der Waals surface area contributed by atoms with Gasteiger partial charge >= 0.3 is 10.3 Å². The van der Waals surface area contributed by atoms with E-state index in [1.165, 1.54) is 19.4 Å². The van der Waals surface area contributed by atoms with Crippen LogP contribution in [0.15, 0.2) is 10.5 Å². The SMILES string of the molecule is CON=C(C(=O)NC1C(=O)N(S(=O)(=O)O)C1C)c1csc(NC(=O)CCl)n1. The van der Waals surface area contributed by atoms with Crippen LogP contribution in [0.3, 0.4) is 0 Å². The topological polar surface area (TPSA) is 167 Å². The molecular weight excluding hydrogens is 426 g/mol. The Morgan fingerprint density at radius 2 is 2.19 bits per heavy atom. The fourth-order valence-electron chi connectivity index (χ4n) is 2.20. The van der Waals surface area contributed by atoms with Crippen molar-refractivity contribution in [3.8, 4) is 0 Å². The Balaban J connectivity index is 2.14. The van der Waals surface area contributed by atoms with Crippen LogP contribution >= 0.6 is 22.9 Å². The third-order valence-electron chi connectivity index (χ3n) is 3.38. The van der Waals surface area contributed by atoms with Crippen molar-refractivity contribution in [3.63, 3.8) is 0 Å². The van der Waals surface area contributed by atoms with Crippen LogP contribution in [0.5, 0.6) is 0 Å². The molecule has 1 saturated heterocycles. The lowest BCUT2D eigenvalue weighted by Gasteiger charge is -2.42. The van der Waals surface area contributed by atoms with Gasteiger partial charge in [0.25, 0.3) is 11.8 Å². The number of aromatic nitrogens is 1. The normalized spacial score (nSPS) is 20.1. The molecule has 2 heterocycles. The van der Waals surface area contributed by atoms with Crippen molar-refractivity contribution in [3.05, 3.63) is 11.1 Å². The number of oxime groups is 1. The summed E-state index contributed by atoms with van der Waals surface area (Å²) in [6.07, 6.45) is 0. The molecule has 3 amide bonds. The molecule has 27 heavy (non-hydrogen) atoms. The number of thiazole rings is 1. The minimum Gasteiger partial charge on any atom is -0.398 e. The Hall–Kier alpha value is -2.29. The minimum atomic E-state index is -4.71. The first-order chi connectivity index (χ1) is 12.6. The summed E-state index contributed by atoms with van der Waals surface area (Å²) in [5.41, 5.74) is -0.249. The number of hydrogen-bond acceptors (Lipinski definition) is 9. The lowest BCUT2D eigenvalue weighted by molar-refractivity contribution is -0.143. The molecule has 1 aromatic heterocycles. The smallest absolute Gasteiger partial charge is 0.362 e. The second kappa shape index (κ2) is 8.16. The van der Waals surface area contributed by atoms with Gasteiger partial charge in [-0.15, -0.1) is 22.9 Å². The number of amides is 3. The van der Waals surface area contributed by atoms with E-state index in [-0.39, 0.29) is 26.7 Å². The number of rotatable bonds is 7. The maximum Gasteiger partial charge on any atom is 0.362 e. The van der Waals surface area contributed by atoms with Crippen LogP contribution in [0.2, 0.25) is 0 Å². The molecule has 15 heteroatoms. The number of β-lactam (4-membered cyclic amide) rings is 1. The first kappa shape index (κ1) is 21.0. The Morgan fingerprint density at radius 3 is 2.70 bits per heavy atom. The van der Waals surface area contributed by atoms with Gasteiger partial charge in [-0.25, -0.2) is 9.29 Å². The van der Waals surface area contributed by atoms with E-state index in [0.29, 0.717) is 0 Å². The average Bonchev–Trinajstić information content (AvgIpc) is 3.04. The van der Waals surface area contributed by atoms with Crippen LogP contribution in [0.25, 0.3) is 0 Å². The van der Waals surface area contributed by atoms with Crippen molar-refractivity contribution in [1.82, 2.24) is 14.6 Å². The monoisotopic (exact) mass is 439 g/mol. The second-order valence-electron chi connectivity index (χ2n) is 5.15. The van der Waals surface area contributed by atoms with E-state index in [4.69, 9.17) is 16.2 Å². The van der Waals surface area contributed by atoms with Gasteiger partial charge in [0.05, 0.1) is 6.04 Å². The number of anilines is 1. The molecule has 0 saturated carbocycles. The summed E-state index contributed by atoms with van der Waals surface area (Å²) >= 11 is 6.39. The second-order valence-corrected chi connectivity index (χ2v) is 7.56. The molecular formula is C12H14ClN5O7S2. The van der Waals surface area contributed by atoms with Crippen LogP contribution < -0.4 is 10.6 Å². The van der Waals surface area contributed by atoms with Gasteiger partial charge in [-0.1, -0.05) is 5.16 Å². The van der Waals surface area contributed by atoms with Gasteiger partial charge in [-0.05, 0) is 6.92 Å². The van der Waals surface area contributed by atoms with Crippen LogP contribution in [-0.4, -0.2) is 70.8 Å². The molecule has 1 aliphatic heterocycles. The standard InChI is InChI=1S/C12H14ClN5O7S2/c1-5-8(11(21)18(5)27(22,23)24)16-10(20)9(17-25-2)6-4-26-12(14-6)15-7(19)3-13/h4-5,8H,3H2,1-2H3,(H,16,20)(H,14,15,19)(H,22,23,24). The molecule has 0 aliphatic carbocycles. The zero-order chi connectivity index (χ0) is 20.4. The summed E-state index contributed by atoms with van der Waals surface area (Å²) in [5, 5.41) is 9.84. The summed E-state index contributed by atoms with van der Waals surface area (Å²) < 4.78 is 31.4. The number of halogens is 1. The maximum atomic E-state index is 12.4. The van der Waals surface area contributed by atoms with Crippen molar-refractivity contribution in [2.24, 2.45) is 5.16 Å². The quantitative estimate of drug-likeness (QED) is 0.163. The van der Waals surface area contributed by atoms with E-state index in [0.717, 1.165) is 11.3 Å². The van der Waals surface area contributed by atoms with Crippen molar-refractivity contribution in [1.29, 1.82) is 0 Å². The van der Waals surface area contributed by atoms with E-state index in [2.05, 4.69) is 25.6 Å². The predicted molar refractivity (Wildman–Crippen MR) is 94.8 cm³/mol. The molecule has 0 aromatic carbocycles. The lowest BCUT2D eigenvalue weighted by atomic mass is 10.0. The molecule has 0 spiro atoms. The van der Waals surface area contributed by atoms with Crippen molar-refractivity contribution in [2.45, 2.75) is 19.0 Å².